The highest BCUT2D eigenvalue weighted by Crippen LogP contribution is 2.52. The fourth-order valence-electron chi connectivity index (χ4n) is 5.99. The molecule has 0 aromatic heterocycles. The Morgan fingerprint density at radius 3 is 2.12 bits per heavy atom. The minimum atomic E-state index is -1.98. The first-order valence-electron chi connectivity index (χ1n) is 13.5. The SMILES string of the molecule is Cc1cccc(C(=O)C2C(C=Cc3ccccc3)N(C(=O)c3cccc(F)c3)C(C)(C(=O)O)C2c2ccc(F)cc2)c1. The number of hydrogen-bond donors (Lipinski definition) is 1. The summed E-state index contributed by atoms with van der Waals surface area (Å²) in [6.07, 6.45) is 3.40. The standard InChI is InChI=1S/C35H29F2NO4/c1-22-8-6-11-25(20-22)32(39)30-29(19-14-23-9-4-3-5-10-23)38(33(40)26-12-7-13-28(37)21-26)35(2,34(41)42)31(30)24-15-17-27(36)18-16-24/h3-21,29-31H,1-2H3,(H,41,42). The highest BCUT2D eigenvalue weighted by molar-refractivity contribution is 6.05. The third kappa shape index (κ3) is 5.26. The number of benzene rings is 4. The molecule has 5 nitrogen and oxygen atoms in total. The number of carbonyl (C=O) groups is 3. The van der Waals surface area contributed by atoms with Crippen molar-refractivity contribution in [1.29, 1.82) is 0 Å². The van der Waals surface area contributed by atoms with Crippen LogP contribution in [0.25, 0.3) is 6.08 Å². The number of aryl methyl sites for hydroxylation is 1. The van der Waals surface area contributed by atoms with Crippen molar-refractivity contribution in [3.63, 3.8) is 0 Å². The molecule has 4 unspecified atom stereocenters. The lowest BCUT2D eigenvalue weighted by molar-refractivity contribution is -0.148. The zero-order chi connectivity index (χ0) is 30.0. The van der Waals surface area contributed by atoms with Crippen LogP contribution in [0.2, 0.25) is 0 Å². The average Bonchev–Trinajstić information content (AvgIpc) is 3.25. The van der Waals surface area contributed by atoms with E-state index in [0.717, 1.165) is 17.2 Å². The molecule has 42 heavy (non-hydrogen) atoms. The monoisotopic (exact) mass is 565 g/mol. The summed E-state index contributed by atoms with van der Waals surface area (Å²) in [6.45, 7) is 3.24. The molecule has 1 N–H and O–H groups in total. The summed E-state index contributed by atoms with van der Waals surface area (Å²) in [5, 5.41) is 10.8. The molecule has 1 saturated heterocycles. The maximum absolute atomic E-state index is 14.4. The van der Waals surface area contributed by atoms with Crippen molar-refractivity contribution in [3.8, 4) is 0 Å². The number of nitrogens with zero attached hydrogens (tertiary/aromatic N) is 1. The van der Waals surface area contributed by atoms with Crippen LogP contribution in [-0.4, -0.2) is 39.2 Å². The molecule has 1 heterocycles. The molecular formula is C35H29F2NO4. The van der Waals surface area contributed by atoms with E-state index in [0.29, 0.717) is 11.1 Å². The van der Waals surface area contributed by atoms with Gasteiger partial charge in [0, 0.05) is 17.0 Å². The van der Waals surface area contributed by atoms with Gasteiger partial charge in [-0.15, -0.1) is 0 Å². The second-order valence-electron chi connectivity index (χ2n) is 10.7. The van der Waals surface area contributed by atoms with Crippen molar-refractivity contribution in [2.75, 3.05) is 0 Å². The summed E-state index contributed by atoms with van der Waals surface area (Å²) in [5.74, 6) is -5.78. The lowest BCUT2D eigenvalue weighted by Gasteiger charge is -2.37. The van der Waals surface area contributed by atoms with Crippen molar-refractivity contribution in [2.24, 2.45) is 5.92 Å². The van der Waals surface area contributed by atoms with Crippen LogP contribution in [0.4, 0.5) is 8.78 Å². The Balaban J connectivity index is 1.78. The Kier molecular flexibility index (Phi) is 7.85. The summed E-state index contributed by atoms with van der Waals surface area (Å²) in [5.41, 5.74) is 0.332. The first-order chi connectivity index (χ1) is 20.1. The van der Waals surface area contributed by atoms with Gasteiger partial charge < -0.3 is 10.0 Å². The first kappa shape index (κ1) is 28.6. The number of likely N-dealkylation sites (tertiary alicyclic amines) is 1. The lowest BCUT2D eigenvalue weighted by atomic mass is 9.72. The van der Waals surface area contributed by atoms with Gasteiger partial charge in [-0.25, -0.2) is 13.6 Å². The number of rotatable bonds is 7. The average molecular weight is 566 g/mol. The number of hydrogen-bond acceptors (Lipinski definition) is 3. The van der Waals surface area contributed by atoms with E-state index in [1.807, 2.05) is 43.3 Å². The van der Waals surface area contributed by atoms with Crippen LogP contribution in [0.1, 0.15) is 50.2 Å². The molecule has 0 spiro atoms. The topological polar surface area (TPSA) is 74.7 Å². The Morgan fingerprint density at radius 2 is 1.48 bits per heavy atom. The van der Waals surface area contributed by atoms with Crippen molar-refractivity contribution in [2.45, 2.75) is 31.3 Å². The predicted octanol–water partition coefficient (Wildman–Crippen LogP) is 6.94. The van der Waals surface area contributed by atoms with E-state index < -0.39 is 46.9 Å². The maximum Gasteiger partial charge on any atom is 0.330 e. The Hall–Kier alpha value is -4.91. The van der Waals surface area contributed by atoms with Crippen LogP contribution in [-0.2, 0) is 4.79 Å². The molecule has 0 saturated carbocycles. The molecule has 1 aliphatic heterocycles. The van der Waals surface area contributed by atoms with Crippen LogP contribution < -0.4 is 0 Å². The molecule has 0 aliphatic carbocycles. The Morgan fingerprint density at radius 1 is 0.810 bits per heavy atom. The van der Waals surface area contributed by atoms with E-state index in [4.69, 9.17) is 0 Å². The van der Waals surface area contributed by atoms with Gasteiger partial charge in [0.1, 0.15) is 17.2 Å². The molecule has 0 radical (unpaired) electrons. The van der Waals surface area contributed by atoms with Crippen molar-refractivity contribution < 1.29 is 28.3 Å². The predicted molar refractivity (Wildman–Crippen MR) is 156 cm³/mol. The molecule has 0 bridgehead atoms. The fourth-order valence-corrected chi connectivity index (χ4v) is 5.99. The molecule has 212 valence electrons. The van der Waals surface area contributed by atoms with Crippen molar-refractivity contribution in [3.05, 3.63) is 149 Å². The van der Waals surface area contributed by atoms with Gasteiger partial charge in [-0.2, -0.15) is 0 Å². The fraction of sp³-hybridized carbons (Fsp3) is 0.171. The van der Waals surface area contributed by atoms with Gasteiger partial charge in [0.25, 0.3) is 5.91 Å². The summed E-state index contributed by atoms with van der Waals surface area (Å²) in [7, 11) is 0. The van der Waals surface area contributed by atoms with E-state index in [1.54, 1.807) is 30.4 Å². The number of amides is 1. The second-order valence-corrected chi connectivity index (χ2v) is 10.7. The highest BCUT2D eigenvalue weighted by Gasteiger charge is 2.64. The van der Waals surface area contributed by atoms with Crippen molar-refractivity contribution >= 4 is 23.7 Å². The summed E-state index contributed by atoms with van der Waals surface area (Å²) < 4.78 is 28.3. The van der Waals surface area contributed by atoms with Crippen LogP contribution in [0.5, 0.6) is 0 Å². The lowest BCUT2D eigenvalue weighted by Crippen LogP contribution is -2.55. The Bertz CT molecular complexity index is 1670. The van der Waals surface area contributed by atoms with E-state index in [2.05, 4.69) is 0 Å². The number of carboxylic acid groups (broad SMARTS) is 1. The number of aliphatic carboxylic acids is 1. The van der Waals surface area contributed by atoms with Crippen LogP contribution in [0.3, 0.4) is 0 Å². The first-order valence-corrected chi connectivity index (χ1v) is 13.5. The molecule has 7 heteroatoms. The minimum Gasteiger partial charge on any atom is -0.479 e. The molecular weight excluding hydrogens is 536 g/mol. The number of ketones is 1. The molecule has 4 aromatic carbocycles. The van der Waals surface area contributed by atoms with Crippen molar-refractivity contribution in [1.82, 2.24) is 4.90 Å². The quantitative estimate of drug-likeness (QED) is 0.247. The zero-order valence-corrected chi connectivity index (χ0v) is 23.1. The van der Waals surface area contributed by atoms with Gasteiger partial charge in [0.05, 0.1) is 12.0 Å². The number of halogens is 2. The largest absolute Gasteiger partial charge is 0.479 e. The summed E-state index contributed by atoms with van der Waals surface area (Å²) >= 11 is 0. The number of carboxylic acids is 1. The number of carbonyl (C=O) groups excluding carboxylic acids is 2. The second kappa shape index (κ2) is 11.5. The van der Waals surface area contributed by atoms with Gasteiger partial charge >= 0.3 is 5.97 Å². The third-order valence-corrected chi connectivity index (χ3v) is 7.97. The van der Waals surface area contributed by atoms with E-state index >= 15 is 0 Å². The van der Waals surface area contributed by atoms with Gasteiger partial charge in [0.15, 0.2) is 5.78 Å². The maximum atomic E-state index is 14.4. The van der Waals surface area contributed by atoms with Crippen LogP contribution in [0.15, 0.2) is 109 Å². The molecule has 5 rings (SSSR count). The van der Waals surface area contributed by atoms with Gasteiger partial charge in [-0.05, 0) is 61.4 Å². The molecule has 1 aliphatic rings. The highest BCUT2D eigenvalue weighted by atomic mass is 19.1. The normalized spacial score (nSPS) is 21.9. The van der Waals surface area contributed by atoms with Gasteiger partial charge in [0.2, 0.25) is 0 Å². The van der Waals surface area contributed by atoms with Crippen LogP contribution >= 0.6 is 0 Å². The molecule has 1 fully saturated rings. The smallest absolute Gasteiger partial charge is 0.330 e. The summed E-state index contributed by atoms with van der Waals surface area (Å²) in [4.78, 5) is 43.1. The number of Topliss-reactive ketones (excluding diaryl/α,β-unsaturated/α-hetero) is 1. The van der Waals surface area contributed by atoms with E-state index in [9.17, 15) is 28.3 Å². The van der Waals surface area contributed by atoms with Crippen LogP contribution in [0, 0.1) is 24.5 Å². The molecule has 1 amide bonds. The van der Waals surface area contributed by atoms with Gasteiger partial charge in [-0.1, -0.05) is 84.4 Å². The van der Waals surface area contributed by atoms with E-state index in [-0.39, 0.29) is 11.3 Å². The third-order valence-electron chi connectivity index (χ3n) is 7.97. The van der Waals surface area contributed by atoms with Gasteiger partial charge in [-0.3, -0.25) is 9.59 Å². The molecule has 4 aromatic rings. The van der Waals surface area contributed by atoms with E-state index in [1.165, 1.54) is 54.3 Å². The molecule has 4 atom stereocenters. The summed E-state index contributed by atoms with van der Waals surface area (Å²) in [6, 6.07) is 25.5. The minimum absolute atomic E-state index is 0.0536. The Labute approximate surface area is 242 Å². The zero-order valence-electron chi connectivity index (χ0n) is 23.1.